The maximum Gasteiger partial charge on any atom is 0.185 e. The molecule has 96 valence electrons. The van der Waals surface area contributed by atoms with Crippen molar-refractivity contribution in [3.05, 3.63) is 16.9 Å². The van der Waals surface area contributed by atoms with Crippen LogP contribution in [-0.4, -0.2) is 29.3 Å². The number of carbonyl (C=O) groups is 1. The zero-order chi connectivity index (χ0) is 12.8. The third-order valence-corrected chi connectivity index (χ3v) is 2.98. The quantitative estimate of drug-likeness (QED) is 0.707. The van der Waals surface area contributed by atoms with Gasteiger partial charge in [-0.3, -0.25) is 9.48 Å². The number of methoxy groups -OCH3 is 1. The zero-order valence-corrected chi connectivity index (χ0v) is 11.3. The molecule has 1 atom stereocenters. The van der Waals surface area contributed by atoms with Gasteiger partial charge in [-0.1, -0.05) is 31.9 Å². The van der Waals surface area contributed by atoms with Gasteiger partial charge < -0.3 is 4.74 Å². The van der Waals surface area contributed by atoms with Crippen molar-refractivity contribution < 1.29 is 9.53 Å². The molecule has 0 amide bonds. The van der Waals surface area contributed by atoms with Crippen LogP contribution in [0.3, 0.4) is 0 Å². The normalized spacial score (nSPS) is 12.7. The Bertz CT molecular complexity index is 377. The van der Waals surface area contributed by atoms with E-state index in [1.807, 2.05) is 6.92 Å². The van der Waals surface area contributed by atoms with Crippen LogP contribution >= 0.6 is 11.6 Å². The number of ketones is 1. The monoisotopic (exact) mass is 258 g/mol. The first-order valence-electron chi connectivity index (χ1n) is 5.86. The number of halogens is 1. The van der Waals surface area contributed by atoms with Gasteiger partial charge in [0.05, 0.1) is 24.4 Å². The lowest BCUT2D eigenvalue weighted by Crippen LogP contribution is -2.19. The maximum atomic E-state index is 12.2. The van der Waals surface area contributed by atoms with Gasteiger partial charge in [-0.25, -0.2) is 0 Å². The highest BCUT2D eigenvalue weighted by molar-refractivity contribution is 6.33. The molecule has 1 heterocycles. The molecule has 1 aromatic heterocycles. The van der Waals surface area contributed by atoms with Crippen LogP contribution in [0, 0.1) is 5.92 Å². The second-order valence-corrected chi connectivity index (χ2v) is 4.52. The van der Waals surface area contributed by atoms with E-state index in [9.17, 15) is 4.79 Å². The highest BCUT2D eigenvalue weighted by atomic mass is 35.5. The molecule has 0 aliphatic carbocycles. The Balaban J connectivity index is 2.87. The number of hydrogen-bond acceptors (Lipinski definition) is 3. The molecule has 0 aliphatic rings. The Hall–Kier alpha value is -0.870. The predicted molar refractivity (Wildman–Crippen MR) is 67.5 cm³/mol. The van der Waals surface area contributed by atoms with Crippen molar-refractivity contribution in [2.45, 2.75) is 33.2 Å². The molecule has 0 saturated carbocycles. The van der Waals surface area contributed by atoms with E-state index in [0.29, 0.717) is 23.9 Å². The van der Waals surface area contributed by atoms with Crippen molar-refractivity contribution in [3.63, 3.8) is 0 Å². The molecule has 1 unspecified atom stereocenters. The topological polar surface area (TPSA) is 44.1 Å². The summed E-state index contributed by atoms with van der Waals surface area (Å²) in [5.41, 5.74) is 0.504. The molecule has 0 aliphatic heterocycles. The van der Waals surface area contributed by atoms with E-state index in [1.54, 1.807) is 11.8 Å². The maximum absolute atomic E-state index is 12.2. The highest BCUT2D eigenvalue weighted by Crippen LogP contribution is 2.21. The molecule has 0 N–H and O–H groups in total. The molecule has 17 heavy (non-hydrogen) atoms. The summed E-state index contributed by atoms with van der Waals surface area (Å²) in [5.74, 6) is 0.0425. The van der Waals surface area contributed by atoms with Crippen molar-refractivity contribution in [1.82, 2.24) is 9.78 Å². The Kier molecular flexibility index (Phi) is 5.65. The minimum absolute atomic E-state index is 0.0181. The van der Waals surface area contributed by atoms with Crippen molar-refractivity contribution in [2.24, 2.45) is 5.92 Å². The third kappa shape index (κ3) is 3.54. The lowest BCUT2D eigenvalue weighted by molar-refractivity contribution is 0.0909. The number of rotatable bonds is 7. The summed E-state index contributed by atoms with van der Waals surface area (Å²) in [7, 11) is 1.62. The van der Waals surface area contributed by atoms with E-state index in [4.69, 9.17) is 16.3 Å². The van der Waals surface area contributed by atoms with Gasteiger partial charge in [0.1, 0.15) is 5.69 Å². The zero-order valence-electron chi connectivity index (χ0n) is 10.6. The fourth-order valence-corrected chi connectivity index (χ4v) is 1.99. The molecule has 0 radical (unpaired) electrons. The first kappa shape index (κ1) is 14.2. The van der Waals surface area contributed by atoms with E-state index < -0.39 is 0 Å². The van der Waals surface area contributed by atoms with E-state index >= 15 is 0 Å². The van der Waals surface area contributed by atoms with Crippen LogP contribution in [0.5, 0.6) is 0 Å². The first-order chi connectivity index (χ1) is 8.11. The minimum atomic E-state index is -0.0181. The predicted octanol–water partition coefficient (Wildman–Crippen LogP) is 2.80. The van der Waals surface area contributed by atoms with Crippen LogP contribution in [0.4, 0.5) is 0 Å². The van der Waals surface area contributed by atoms with Crippen molar-refractivity contribution in [2.75, 3.05) is 13.7 Å². The van der Waals surface area contributed by atoms with Crippen LogP contribution in [0.25, 0.3) is 0 Å². The van der Waals surface area contributed by atoms with Gasteiger partial charge in [0.2, 0.25) is 0 Å². The summed E-state index contributed by atoms with van der Waals surface area (Å²) >= 11 is 6.02. The van der Waals surface area contributed by atoms with Gasteiger partial charge in [-0.2, -0.15) is 5.10 Å². The van der Waals surface area contributed by atoms with Crippen LogP contribution in [-0.2, 0) is 11.3 Å². The molecule has 0 spiro atoms. The van der Waals surface area contributed by atoms with Gasteiger partial charge in [-0.05, 0) is 6.42 Å². The van der Waals surface area contributed by atoms with E-state index in [-0.39, 0.29) is 11.7 Å². The highest BCUT2D eigenvalue weighted by Gasteiger charge is 2.22. The summed E-state index contributed by atoms with van der Waals surface area (Å²) in [5, 5.41) is 4.53. The second kappa shape index (κ2) is 6.77. The van der Waals surface area contributed by atoms with Crippen LogP contribution in [0.1, 0.15) is 37.2 Å². The Morgan fingerprint density at radius 3 is 2.94 bits per heavy atom. The molecule has 4 nitrogen and oxygen atoms in total. The Morgan fingerprint density at radius 2 is 2.35 bits per heavy atom. The van der Waals surface area contributed by atoms with E-state index in [2.05, 4.69) is 12.0 Å². The molecular weight excluding hydrogens is 240 g/mol. The fourth-order valence-electron chi connectivity index (χ4n) is 1.75. The van der Waals surface area contributed by atoms with Gasteiger partial charge in [0.15, 0.2) is 5.78 Å². The van der Waals surface area contributed by atoms with Crippen LogP contribution in [0.15, 0.2) is 6.20 Å². The summed E-state index contributed by atoms with van der Waals surface area (Å²) in [4.78, 5) is 12.2. The molecule has 0 saturated heterocycles. The van der Waals surface area contributed by atoms with Crippen molar-refractivity contribution in [1.29, 1.82) is 0 Å². The van der Waals surface area contributed by atoms with Crippen LogP contribution in [0.2, 0.25) is 5.02 Å². The summed E-state index contributed by atoms with van der Waals surface area (Å²) in [6, 6.07) is 0. The number of Topliss-reactive ketones (excluding diaryl/α,β-unsaturated/α-hetero) is 1. The molecule has 0 fully saturated rings. The molecular formula is C12H19ClN2O2. The Morgan fingerprint density at radius 1 is 1.65 bits per heavy atom. The smallest absolute Gasteiger partial charge is 0.185 e. The first-order valence-corrected chi connectivity index (χ1v) is 6.24. The standard InChI is InChI=1S/C12H19ClN2O2/c1-4-5-9(2)12(16)11-10(13)8-14-15(11)6-7-17-3/h8-9H,4-7H2,1-3H3. The lowest BCUT2D eigenvalue weighted by Gasteiger charge is -2.11. The SMILES string of the molecule is CCCC(C)C(=O)c1c(Cl)cnn1CCOC. The molecule has 0 bridgehead atoms. The number of nitrogens with zero attached hydrogens (tertiary/aromatic N) is 2. The number of carbonyl (C=O) groups excluding carboxylic acids is 1. The van der Waals surface area contributed by atoms with Gasteiger partial charge in [-0.15, -0.1) is 0 Å². The number of ether oxygens (including phenoxy) is 1. The minimum Gasteiger partial charge on any atom is -0.383 e. The molecule has 1 aromatic rings. The molecule has 5 heteroatoms. The van der Waals surface area contributed by atoms with Gasteiger partial charge in [0, 0.05) is 13.0 Å². The molecule has 0 aromatic carbocycles. The van der Waals surface area contributed by atoms with E-state index in [0.717, 1.165) is 12.8 Å². The lowest BCUT2D eigenvalue weighted by atomic mass is 9.99. The fraction of sp³-hybridized carbons (Fsp3) is 0.667. The average molecular weight is 259 g/mol. The summed E-state index contributed by atoms with van der Waals surface area (Å²) in [6.45, 7) is 5.05. The van der Waals surface area contributed by atoms with Gasteiger partial charge >= 0.3 is 0 Å². The summed E-state index contributed by atoms with van der Waals surface area (Å²) < 4.78 is 6.61. The largest absolute Gasteiger partial charge is 0.383 e. The summed E-state index contributed by atoms with van der Waals surface area (Å²) in [6.07, 6.45) is 3.37. The van der Waals surface area contributed by atoms with E-state index in [1.165, 1.54) is 6.20 Å². The Labute approximate surface area is 107 Å². The molecule has 1 rings (SSSR count). The van der Waals surface area contributed by atoms with Gasteiger partial charge in [0.25, 0.3) is 0 Å². The third-order valence-electron chi connectivity index (χ3n) is 2.70. The average Bonchev–Trinajstić information content (AvgIpc) is 2.67. The number of aromatic nitrogens is 2. The number of hydrogen-bond donors (Lipinski definition) is 0. The second-order valence-electron chi connectivity index (χ2n) is 4.11. The van der Waals surface area contributed by atoms with Crippen molar-refractivity contribution >= 4 is 17.4 Å². The van der Waals surface area contributed by atoms with Crippen molar-refractivity contribution in [3.8, 4) is 0 Å². The van der Waals surface area contributed by atoms with Crippen LogP contribution < -0.4 is 0 Å².